The Morgan fingerprint density at radius 2 is 1.75 bits per heavy atom. The number of ether oxygens (including phenoxy) is 2. The summed E-state index contributed by atoms with van der Waals surface area (Å²) in [5.41, 5.74) is 2.79. The number of nitrogens with zero attached hydrogens (tertiary/aromatic N) is 1. The third-order valence-corrected chi connectivity index (χ3v) is 3.51. The van der Waals surface area contributed by atoms with E-state index in [2.05, 4.69) is 22.0 Å². The smallest absolute Gasteiger partial charge is 0.161 e. The van der Waals surface area contributed by atoms with Gasteiger partial charge in [0.25, 0.3) is 0 Å². The van der Waals surface area contributed by atoms with Gasteiger partial charge < -0.3 is 9.47 Å². The van der Waals surface area contributed by atoms with E-state index in [0.717, 1.165) is 22.2 Å². The summed E-state index contributed by atoms with van der Waals surface area (Å²) in [5.74, 6) is 1.43. The van der Waals surface area contributed by atoms with Gasteiger partial charge in [-0.3, -0.25) is 0 Å². The van der Waals surface area contributed by atoms with E-state index in [1.807, 2.05) is 30.3 Å². The van der Waals surface area contributed by atoms with Crippen molar-refractivity contribution < 1.29 is 9.47 Å². The fourth-order valence-electron chi connectivity index (χ4n) is 1.75. The first-order valence-corrected chi connectivity index (χ1v) is 7.23. The van der Waals surface area contributed by atoms with Crippen LogP contribution in [-0.4, -0.2) is 7.11 Å². The molecule has 3 nitrogen and oxygen atoms in total. The molecule has 0 saturated carbocycles. The lowest BCUT2D eigenvalue weighted by molar-refractivity contribution is 0.284. The van der Waals surface area contributed by atoms with Gasteiger partial charge in [0.15, 0.2) is 11.5 Å². The van der Waals surface area contributed by atoms with Crippen molar-refractivity contribution in [3.05, 3.63) is 59.2 Å². The lowest BCUT2D eigenvalue weighted by atomic mass is 10.1. The Kier molecular flexibility index (Phi) is 5.03. The van der Waals surface area contributed by atoms with Gasteiger partial charge >= 0.3 is 0 Å². The molecule has 2 aromatic rings. The molecule has 102 valence electrons. The Bertz CT molecular complexity index is 617. The highest BCUT2D eigenvalue weighted by Crippen LogP contribution is 2.29. The number of hydrogen-bond donors (Lipinski definition) is 0. The molecule has 0 unspecified atom stereocenters. The number of nitriles is 1. The van der Waals surface area contributed by atoms with Crippen LogP contribution in [0, 0.1) is 11.3 Å². The Balaban J connectivity index is 2.08. The van der Waals surface area contributed by atoms with E-state index < -0.39 is 0 Å². The molecule has 2 aromatic carbocycles. The first-order chi connectivity index (χ1) is 9.76. The second-order valence-corrected chi connectivity index (χ2v) is 4.78. The highest BCUT2D eigenvalue weighted by atomic mass is 79.9. The molecule has 0 saturated heterocycles. The van der Waals surface area contributed by atoms with Gasteiger partial charge in [-0.2, -0.15) is 5.26 Å². The number of benzene rings is 2. The molecule has 0 heterocycles. The summed E-state index contributed by atoms with van der Waals surface area (Å²) in [6, 6.07) is 15.3. The third-order valence-electron chi connectivity index (χ3n) is 2.86. The van der Waals surface area contributed by atoms with Crippen LogP contribution in [0.3, 0.4) is 0 Å². The van der Waals surface area contributed by atoms with E-state index in [1.165, 1.54) is 0 Å². The largest absolute Gasteiger partial charge is 0.493 e. The minimum absolute atomic E-state index is 0.440. The fourth-order valence-corrected chi connectivity index (χ4v) is 2.10. The molecule has 0 aromatic heterocycles. The molecule has 2 rings (SSSR count). The van der Waals surface area contributed by atoms with Crippen LogP contribution in [0.5, 0.6) is 11.5 Å². The van der Waals surface area contributed by atoms with Gasteiger partial charge in [-0.1, -0.05) is 34.1 Å². The van der Waals surface area contributed by atoms with Crippen LogP contribution in [0.4, 0.5) is 0 Å². The zero-order chi connectivity index (χ0) is 14.4. The SMILES string of the molecule is COc1cc(CBr)ccc1OCc1ccc(C#N)cc1. The van der Waals surface area contributed by atoms with Gasteiger partial charge in [-0.25, -0.2) is 0 Å². The maximum Gasteiger partial charge on any atom is 0.161 e. The van der Waals surface area contributed by atoms with Crippen molar-refractivity contribution in [1.82, 2.24) is 0 Å². The molecule has 20 heavy (non-hydrogen) atoms. The second-order valence-electron chi connectivity index (χ2n) is 4.22. The van der Waals surface area contributed by atoms with Crippen LogP contribution in [0.25, 0.3) is 0 Å². The highest BCUT2D eigenvalue weighted by molar-refractivity contribution is 9.08. The molecule has 0 atom stereocenters. The minimum atomic E-state index is 0.440. The van der Waals surface area contributed by atoms with Crippen molar-refractivity contribution in [3.8, 4) is 17.6 Å². The predicted octanol–water partition coefficient (Wildman–Crippen LogP) is 4.04. The summed E-state index contributed by atoms with van der Waals surface area (Å²) in [5, 5.41) is 9.53. The lowest BCUT2D eigenvalue weighted by Gasteiger charge is -2.11. The third kappa shape index (κ3) is 3.52. The van der Waals surface area contributed by atoms with Gasteiger partial charge in [0.2, 0.25) is 0 Å². The summed E-state index contributed by atoms with van der Waals surface area (Å²) >= 11 is 3.41. The van der Waals surface area contributed by atoms with E-state index in [1.54, 1.807) is 19.2 Å². The summed E-state index contributed by atoms with van der Waals surface area (Å²) in [7, 11) is 1.63. The highest BCUT2D eigenvalue weighted by Gasteiger charge is 2.06. The molecule has 0 bridgehead atoms. The van der Waals surface area contributed by atoms with E-state index in [-0.39, 0.29) is 0 Å². The molecule has 0 amide bonds. The number of halogens is 1. The Morgan fingerprint density at radius 1 is 1.05 bits per heavy atom. The Labute approximate surface area is 126 Å². The zero-order valence-corrected chi connectivity index (χ0v) is 12.7. The van der Waals surface area contributed by atoms with E-state index in [9.17, 15) is 0 Å². The van der Waals surface area contributed by atoms with E-state index in [4.69, 9.17) is 14.7 Å². The first kappa shape index (κ1) is 14.4. The Hall–Kier alpha value is -1.99. The number of methoxy groups -OCH3 is 1. The number of hydrogen-bond acceptors (Lipinski definition) is 3. The van der Waals surface area contributed by atoms with Crippen LogP contribution in [0.2, 0.25) is 0 Å². The van der Waals surface area contributed by atoms with Crippen molar-refractivity contribution in [2.24, 2.45) is 0 Å². The van der Waals surface area contributed by atoms with Gasteiger partial charge in [0, 0.05) is 5.33 Å². The molecule has 0 radical (unpaired) electrons. The summed E-state index contributed by atoms with van der Waals surface area (Å²) in [4.78, 5) is 0. The number of rotatable bonds is 5. The molecule has 0 N–H and O–H groups in total. The lowest BCUT2D eigenvalue weighted by Crippen LogP contribution is -1.98. The quantitative estimate of drug-likeness (QED) is 0.776. The minimum Gasteiger partial charge on any atom is -0.493 e. The zero-order valence-electron chi connectivity index (χ0n) is 11.1. The van der Waals surface area contributed by atoms with Crippen molar-refractivity contribution in [1.29, 1.82) is 5.26 Å². The maximum absolute atomic E-state index is 8.75. The predicted molar refractivity (Wildman–Crippen MR) is 81.1 cm³/mol. The van der Waals surface area contributed by atoms with E-state index >= 15 is 0 Å². The molecule has 0 spiro atoms. The summed E-state index contributed by atoms with van der Waals surface area (Å²) in [6.45, 7) is 0.440. The molecule has 0 aliphatic heterocycles. The second kappa shape index (κ2) is 6.97. The monoisotopic (exact) mass is 331 g/mol. The average Bonchev–Trinajstić information content (AvgIpc) is 2.53. The fraction of sp³-hybridized carbons (Fsp3) is 0.188. The van der Waals surface area contributed by atoms with Crippen LogP contribution in [0.15, 0.2) is 42.5 Å². The standard InChI is InChI=1S/C16H14BrNO2/c1-19-16-8-14(9-17)6-7-15(16)20-11-13-4-2-12(10-18)3-5-13/h2-8H,9,11H2,1H3. The first-order valence-electron chi connectivity index (χ1n) is 6.11. The van der Waals surface area contributed by atoms with Crippen LogP contribution >= 0.6 is 15.9 Å². The van der Waals surface area contributed by atoms with Gasteiger partial charge in [0.1, 0.15) is 6.61 Å². The summed E-state index contributed by atoms with van der Waals surface area (Å²) < 4.78 is 11.1. The van der Waals surface area contributed by atoms with Crippen molar-refractivity contribution in [2.45, 2.75) is 11.9 Å². The Morgan fingerprint density at radius 3 is 2.35 bits per heavy atom. The van der Waals surface area contributed by atoms with Crippen molar-refractivity contribution >= 4 is 15.9 Å². The van der Waals surface area contributed by atoms with Gasteiger partial charge in [-0.15, -0.1) is 0 Å². The average molecular weight is 332 g/mol. The molecule has 0 aliphatic carbocycles. The molecular formula is C16H14BrNO2. The molecule has 0 aliphatic rings. The van der Waals surface area contributed by atoms with Gasteiger partial charge in [-0.05, 0) is 35.4 Å². The van der Waals surface area contributed by atoms with Crippen molar-refractivity contribution in [2.75, 3.05) is 7.11 Å². The molecule has 0 fully saturated rings. The summed E-state index contributed by atoms with van der Waals surface area (Å²) in [6.07, 6.45) is 0. The topological polar surface area (TPSA) is 42.2 Å². The van der Waals surface area contributed by atoms with Crippen LogP contribution in [0.1, 0.15) is 16.7 Å². The molecular weight excluding hydrogens is 318 g/mol. The van der Waals surface area contributed by atoms with Gasteiger partial charge in [0.05, 0.1) is 18.7 Å². The number of alkyl halides is 1. The normalized spacial score (nSPS) is 9.85. The van der Waals surface area contributed by atoms with E-state index in [0.29, 0.717) is 17.9 Å². The van der Waals surface area contributed by atoms with Crippen LogP contribution in [-0.2, 0) is 11.9 Å². The van der Waals surface area contributed by atoms with Crippen LogP contribution < -0.4 is 9.47 Å². The molecule has 4 heteroatoms. The van der Waals surface area contributed by atoms with Crippen molar-refractivity contribution in [3.63, 3.8) is 0 Å². The maximum atomic E-state index is 8.75.